The lowest BCUT2D eigenvalue weighted by Crippen LogP contribution is -2.21. The number of amides is 1. The Hall–Kier alpha value is -1.81. The normalized spacial score (nSPS) is 10.1. The van der Waals surface area contributed by atoms with Crippen LogP contribution in [0.4, 0.5) is 11.4 Å². The van der Waals surface area contributed by atoms with E-state index in [-0.39, 0.29) is 12.5 Å². The predicted octanol–water partition coefficient (Wildman–Crippen LogP) is 4.06. The summed E-state index contributed by atoms with van der Waals surface area (Å²) in [5, 5.41) is 5.95. The van der Waals surface area contributed by atoms with Gasteiger partial charge in [-0.2, -0.15) is 0 Å². The van der Waals surface area contributed by atoms with E-state index in [1.165, 1.54) is 5.56 Å². The van der Waals surface area contributed by atoms with Crippen molar-refractivity contribution in [2.45, 2.75) is 13.3 Å². The van der Waals surface area contributed by atoms with Crippen LogP contribution in [-0.2, 0) is 11.2 Å². The third-order valence-electron chi connectivity index (χ3n) is 2.94. The standard InChI is InChI=1S/C16H17BrN2O/c1-2-12-3-7-15(8-4-12)19-16(20)11-18-14-9-5-13(17)6-10-14/h3-10,18H,2,11H2,1H3,(H,19,20). The Kier molecular flexibility index (Phi) is 5.18. The molecule has 2 aromatic rings. The number of nitrogens with one attached hydrogen (secondary N) is 2. The lowest BCUT2D eigenvalue weighted by Gasteiger charge is -2.08. The molecule has 2 aromatic carbocycles. The smallest absolute Gasteiger partial charge is 0.243 e. The monoisotopic (exact) mass is 332 g/mol. The Labute approximate surface area is 127 Å². The van der Waals surface area contributed by atoms with E-state index in [0.717, 1.165) is 22.3 Å². The molecular weight excluding hydrogens is 316 g/mol. The van der Waals surface area contributed by atoms with Crippen LogP contribution in [0, 0.1) is 0 Å². The summed E-state index contributed by atoms with van der Waals surface area (Å²) >= 11 is 3.37. The molecule has 0 aliphatic carbocycles. The van der Waals surface area contributed by atoms with Gasteiger partial charge < -0.3 is 10.6 Å². The van der Waals surface area contributed by atoms with Crippen molar-refractivity contribution in [3.05, 3.63) is 58.6 Å². The second kappa shape index (κ2) is 7.10. The van der Waals surface area contributed by atoms with Gasteiger partial charge in [0.1, 0.15) is 0 Å². The van der Waals surface area contributed by atoms with Crippen LogP contribution in [-0.4, -0.2) is 12.5 Å². The summed E-state index contributed by atoms with van der Waals surface area (Å²) in [6.07, 6.45) is 0.999. The first-order chi connectivity index (χ1) is 9.67. The van der Waals surface area contributed by atoms with Crippen LogP contribution in [0.1, 0.15) is 12.5 Å². The number of hydrogen-bond donors (Lipinski definition) is 2. The Balaban J connectivity index is 1.84. The van der Waals surface area contributed by atoms with E-state index in [2.05, 4.69) is 33.5 Å². The summed E-state index contributed by atoms with van der Waals surface area (Å²) in [5.41, 5.74) is 3.01. The Morgan fingerprint density at radius 3 is 2.20 bits per heavy atom. The maximum absolute atomic E-state index is 11.8. The number of anilines is 2. The minimum atomic E-state index is -0.0582. The number of hydrogen-bond acceptors (Lipinski definition) is 2. The number of aryl methyl sites for hydroxylation is 1. The summed E-state index contributed by atoms with van der Waals surface area (Å²) in [5.74, 6) is -0.0582. The average Bonchev–Trinajstić information content (AvgIpc) is 2.47. The molecule has 0 aromatic heterocycles. The molecule has 0 radical (unpaired) electrons. The fraction of sp³-hybridized carbons (Fsp3) is 0.188. The quantitative estimate of drug-likeness (QED) is 0.866. The number of carbonyl (C=O) groups is 1. The van der Waals surface area contributed by atoms with E-state index >= 15 is 0 Å². The minimum Gasteiger partial charge on any atom is -0.376 e. The molecule has 2 N–H and O–H groups in total. The maximum Gasteiger partial charge on any atom is 0.243 e. The lowest BCUT2D eigenvalue weighted by atomic mass is 10.1. The van der Waals surface area contributed by atoms with E-state index in [4.69, 9.17) is 0 Å². The van der Waals surface area contributed by atoms with Crippen molar-refractivity contribution in [3.8, 4) is 0 Å². The molecule has 0 bridgehead atoms. The van der Waals surface area contributed by atoms with Crippen molar-refractivity contribution in [3.63, 3.8) is 0 Å². The minimum absolute atomic E-state index is 0.0582. The third-order valence-corrected chi connectivity index (χ3v) is 3.47. The van der Waals surface area contributed by atoms with Crippen LogP contribution < -0.4 is 10.6 Å². The molecule has 20 heavy (non-hydrogen) atoms. The number of benzene rings is 2. The summed E-state index contributed by atoms with van der Waals surface area (Å²) in [6.45, 7) is 2.35. The molecule has 1 amide bonds. The zero-order chi connectivity index (χ0) is 14.4. The van der Waals surface area contributed by atoms with Crippen LogP contribution in [0.3, 0.4) is 0 Å². The Morgan fingerprint density at radius 1 is 1.00 bits per heavy atom. The van der Waals surface area contributed by atoms with Crippen LogP contribution in [0.15, 0.2) is 53.0 Å². The predicted molar refractivity (Wildman–Crippen MR) is 87.1 cm³/mol. The van der Waals surface area contributed by atoms with Gasteiger partial charge >= 0.3 is 0 Å². The molecule has 3 nitrogen and oxygen atoms in total. The number of carbonyl (C=O) groups excluding carboxylic acids is 1. The molecule has 4 heteroatoms. The second-order valence-corrected chi connectivity index (χ2v) is 5.37. The molecule has 104 valence electrons. The van der Waals surface area contributed by atoms with E-state index in [1.54, 1.807) is 0 Å². The topological polar surface area (TPSA) is 41.1 Å². The van der Waals surface area contributed by atoms with Crippen LogP contribution in [0.2, 0.25) is 0 Å². The van der Waals surface area contributed by atoms with Gasteiger partial charge in [-0.1, -0.05) is 35.0 Å². The van der Waals surface area contributed by atoms with Crippen LogP contribution in [0.5, 0.6) is 0 Å². The fourth-order valence-corrected chi connectivity index (χ4v) is 2.04. The van der Waals surface area contributed by atoms with Gasteiger partial charge in [-0.3, -0.25) is 4.79 Å². The highest BCUT2D eigenvalue weighted by Crippen LogP contribution is 2.14. The Bertz CT molecular complexity index is 564. The van der Waals surface area contributed by atoms with E-state index < -0.39 is 0 Å². The zero-order valence-corrected chi connectivity index (χ0v) is 12.9. The van der Waals surface area contributed by atoms with Crippen LogP contribution in [0.25, 0.3) is 0 Å². The van der Waals surface area contributed by atoms with Crippen molar-refractivity contribution >= 4 is 33.2 Å². The molecule has 0 aliphatic heterocycles. The average molecular weight is 333 g/mol. The van der Waals surface area contributed by atoms with E-state index in [1.807, 2.05) is 48.5 Å². The SMILES string of the molecule is CCc1ccc(NC(=O)CNc2ccc(Br)cc2)cc1. The van der Waals surface area contributed by atoms with E-state index in [0.29, 0.717) is 0 Å². The molecule has 0 unspecified atom stereocenters. The maximum atomic E-state index is 11.8. The second-order valence-electron chi connectivity index (χ2n) is 4.46. The first-order valence-corrected chi connectivity index (χ1v) is 7.35. The van der Waals surface area contributed by atoms with Crippen molar-refractivity contribution in [1.29, 1.82) is 0 Å². The summed E-state index contributed by atoms with van der Waals surface area (Å²) < 4.78 is 1.02. The van der Waals surface area contributed by atoms with Gasteiger partial charge in [0.05, 0.1) is 6.54 Å². The van der Waals surface area contributed by atoms with Crippen molar-refractivity contribution < 1.29 is 4.79 Å². The highest BCUT2D eigenvalue weighted by Gasteiger charge is 2.02. The molecule has 0 fully saturated rings. The molecule has 0 atom stereocenters. The molecule has 0 heterocycles. The first-order valence-electron chi connectivity index (χ1n) is 6.55. The van der Waals surface area contributed by atoms with Gasteiger partial charge in [0.15, 0.2) is 0 Å². The number of halogens is 1. The summed E-state index contributed by atoms with van der Waals surface area (Å²) in [4.78, 5) is 11.8. The van der Waals surface area contributed by atoms with Crippen molar-refractivity contribution in [2.24, 2.45) is 0 Å². The van der Waals surface area contributed by atoms with Crippen molar-refractivity contribution in [1.82, 2.24) is 0 Å². The summed E-state index contributed by atoms with van der Waals surface area (Å²) in [7, 11) is 0. The van der Waals surface area contributed by atoms with E-state index in [9.17, 15) is 4.79 Å². The largest absolute Gasteiger partial charge is 0.376 e. The fourth-order valence-electron chi connectivity index (χ4n) is 1.78. The first kappa shape index (κ1) is 14.6. The van der Waals surface area contributed by atoms with Gasteiger partial charge in [0.25, 0.3) is 0 Å². The molecule has 0 saturated carbocycles. The van der Waals surface area contributed by atoms with Crippen molar-refractivity contribution in [2.75, 3.05) is 17.2 Å². The third kappa shape index (κ3) is 4.38. The zero-order valence-electron chi connectivity index (χ0n) is 11.3. The molecular formula is C16H17BrN2O. The van der Waals surface area contributed by atoms with Gasteiger partial charge in [-0.25, -0.2) is 0 Å². The Morgan fingerprint density at radius 2 is 1.60 bits per heavy atom. The lowest BCUT2D eigenvalue weighted by molar-refractivity contribution is -0.114. The molecule has 0 aliphatic rings. The molecule has 0 saturated heterocycles. The highest BCUT2D eigenvalue weighted by atomic mass is 79.9. The molecule has 0 spiro atoms. The summed E-state index contributed by atoms with van der Waals surface area (Å²) in [6, 6.07) is 15.6. The van der Waals surface area contributed by atoms with Gasteiger partial charge in [-0.15, -0.1) is 0 Å². The van der Waals surface area contributed by atoms with Crippen LogP contribution >= 0.6 is 15.9 Å². The van der Waals surface area contributed by atoms with Gasteiger partial charge in [0.2, 0.25) is 5.91 Å². The molecule has 2 rings (SSSR count). The van der Waals surface area contributed by atoms with Gasteiger partial charge in [0, 0.05) is 15.8 Å². The highest BCUT2D eigenvalue weighted by molar-refractivity contribution is 9.10. The van der Waals surface area contributed by atoms with Gasteiger partial charge in [-0.05, 0) is 48.4 Å². The number of rotatable bonds is 5.